The molecule has 0 aliphatic carbocycles. The number of alkyl halides is 1. The van der Waals surface area contributed by atoms with Crippen molar-refractivity contribution in [3.63, 3.8) is 0 Å². The van der Waals surface area contributed by atoms with Crippen LogP contribution in [0.1, 0.15) is 12.0 Å². The van der Waals surface area contributed by atoms with Crippen LogP contribution in [-0.4, -0.2) is 53.6 Å². The summed E-state index contributed by atoms with van der Waals surface area (Å²) in [7, 11) is 0. The molecule has 0 N–H and O–H groups in total. The zero-order valence-corrected chi connectivity index (χ0v) is 13.9. The molecular weight excluding hydrogens is 339 g/mol. The topological polar surface area (TPSA) is 81.9 Å². The number of non-ortho nitro benzene ring substituents is 1. The molecule has 1 aromatic rings. The molecule has 2 rings (SSSR count). The van der Waals surface area contributed by atoms with Gasteiger partial charge in [-0.05, 0) is 24.1 Å². The monoisotopic (exact) mass is 358 g/mol. The van der Waals surface area contributed by atoms with Crippen LogP contribution in [0.3, 0.4) is 0 Å². The Balaban J connectivity index is 1.86. The molecule has 1 fully saturated rings. The average Bonchev–Trinajstić information content (AvgIpc) is 2.94. The molecule has 1 aliphatic heterocycles. The van der Waals surface area contributed by atoms with Crippen molar-refractivity contribution in [1.29, 1.82) is 0 Å². The Hall–Kier alpha value is -1.87. The van der Waals surface area contributed by atoms with E-state index >= 15 is 0 Å². The number of benzene rings is 1. The third kappa shape index (κ3) is 5.07. The molecule has 132 valence electrons. The molecule has 1 amide bonds. The molecule has 1 heterocycles. The lowest BCUT2D eigenvalue weighted by Gasteiger charge is -2.23. The molecule has 1 saturated heterocycles. The zero-order valence-electron chi connectivity index (χ0n) is 13.0. The molecule has 1 aliphatic rings. The number of hydrogen-bond acceptors (Lipinski definition) is 6. The summed E-state index contributed by atoms with van der Waals surface area (Å²) in [5.74, 6) is 0. The highest BCUT2D eigenvalue weighted by Gasteiger charge is 2.34. The van der Waals surface area contributed by atoms with Gasteiger partial charge in [0, 0.05) is 23.9 Å². The predicted octanol–water partition coefficient (Wildman–Crippen LogP) is 2.59. The first-order valence-corrected chi connectivity index (χ1v) is 8.01. The largest absolute Gasteiger partial charge is 0.445 e. The molecule has 9 heteroatoms. The highest BCUT2D eigenvalue weighted by molar-refractivity contribution is 7.81. The summed E-state index contributed by atoms with van der Waals surface area (Å²) in [6.45, 7) is 0.128. The van der Waals surface area contributed by atoms with Gasteiger partial charge >= 0.3 is 6.09 Å². The maximum absolute atomic E-state index is 12.2. The third-order valence-corrected chi connectivity index (χ3v) is 4.04. The molecule has 0 aromatic heterocycles. The Kier molecular flexibility index (Phi) is 6.80. The number of hydrogen-bond donors (Lipinski definition) is 1. The number of nitro groups is 1. The second-order valence-corrected chi connectivity index (χ2v) is 6.17. The van der Waals surface area contributed by atoms with Crippen molar-refractivity contribution < 1.29 is 23.6 Å². The number of halogens is 1. The Morgan fingerprint density at radius 2 is 2.12 bits per heavy atom. The van der Waals surface area contributed by atoms with Crippen LogP contribution in [0, 0.1) is 10.1 Å². The van der Waals surface area contributed by atoms with E-state index in [9.17, 15) is 19.3 Å². The van der Waals surface area contributed by atoms with Gasteiger partial charge in [-0.1, -0.05) is 0 Å². The van der Waals surface area contributed by atoms with Gasteiger partial charge < -0.3 is 14.4 Å². The van der Waals surface area contributed by atoms with E-state index in [0.717, 1.165) is 0 Å². The zero-order chi connectivity index (χ0) is 17.5. The van der Waals surface area contributed by atoms with E-state index in [1.54, 1.807) is 12.1 Å². The standard InChI is InChI=1S/C15H19FN2O5S/c16-5-6-22-10-13-7-14(24)8-17(13)15(19)23-9-11-1-3-12(4-2-11)18(20)21/h1-4,13-14,24H,5-10H2/t13-,14-/m0/s1. The third-order valence-electron chi connectivity index (χ3n) is 3.67. The van der Waals surface area contributed by atoms with Crippen molar-refractivity contribution in [2.45, 2.75) is 24.3 Å². The number of rotatable bonds is 7. The maximum atomic E-state index is 12.2. The summed E-state index contributed by atoms with van der Waals surface area (Å²) in [6.07, 6.45) is 0.154. The van der Waals surface area contributed by atoms with Gasteiger partial charge in [0.05, 0.1) is 24.2 Å². The molecule has 0 unspecified atom stereocenters. The molecule has 1 aromatic carbocycles. The number of ether oxygens (including phenoxy) is 2. The molecule has 24 heavy (non-hydrogen) atoms. The Labute approximate surface area is 144 Å². The predicted molar refractivity (Wildman–Crippen MR) is 88.0 cm³/mol. The number of likely N-dealkylation sites (tertiary alicyclic amines) is 1. The van der Waals surface area contributed by atoms with Gasteiger partial charge in [-0.3, -0.25) is 10.1 Å². The lowest BCUT2D eigenvalue weighted by Crippen LogP contribution is -2.39. The normalized spacial score (nSPS) is 20.2. The second kappa shape index (κ2) is 8.84. The molecule has 7 nitrogen and oxygen atoms in total. The number of thiol groups is 1. The Morgan fingerprint density at radius 1 is 1.42 bits per heavy atom. The lowest BCUT2D eigenvalue weighted by molar-refractivity contribution is -0.384. The van der Waals surface area contributed by atoms with E-state index < -0.39 is 17.7 Å². The van der Waals surface area contributed by atoms with E-state index in [4.69, 9.17) is 9.47 Å². The van der Waals surface area contributed by atoms with Crippen LogP contribution in [0.5, 0.6) is 0 Å². The first-order chi connectivity index (χ1) is 11.5. The maximum Gasteiger partial charge on any atom is 0.410 e. The van der Waals surface area contributed by atoms with Crippen LogP contribution in [0.4, 0.5) is 14.9 Å². The van der Waals surface area contributed by atoms with Crippen molar-refractivity contribution >= 4 is 24.4 Å². The van der Waals surface area contributed by atoms with Gasteiger partial charge in [0.15, 0.2) is 0 Å². The Morgan fingerprint density at radius 3 is 2.75 bits per heavy atom. The van der Waals surface area contributed by atoms with Crippen molar-refractivity contribution in [2.75, 3.05) is 26.4 Å². The Bertz CT molecular complexity index is 571. The quantitative estimate of drug-likeness (QED) is 0.351. The van der Waals surface area contributed by atoms with Crippen molar-refractivity contribution in [2.24, 2.45) is 0 Å². The van der Waals surface area contributed by atoms with Crippen LogP contribution in [-0.2, 0) is 16.1 Å². The van der Waals surface area contributed by atoms with Gasteiger partial charge in [0.25, 0.3) is 5.69 Å². The fraction of sp³-hybridized carbons (Fsp3) is 0.533. The highest BCUT2D eigenvalue weighted by Crippen LogP contribution is 2.23. The summed E-state index contributed by atoms with van der Waals surface area (Å²) in [4.78, 5) is 23.9. The minimum Gasteiger partial charge on any atom is -0.445 e. The number of nitro benzene ring substituents is 1. The van der Waals surface area contributed by atoms with Gasteiger partial charge in [-0.2, -0.15) is 12.6 Å². The molecule has 0 saturated carbocycles. The minimum absolute atomic E-state index is 0.000575. The van der Waals surface area contributed by atoms with Gasteiger partial charge in [0.1, 0.15) is 13.3 Å². The summed E-state index contributed by atoms with van der Waals surface area (Å²) in [5, 5.41) is 10.6. The average molecular weight is 358 g/mol. The van der Waals surface area contributed by atoms with Crippen LogP contribution in [0.15, 0.2) is 24.3 Å². The minimum atomic E-state index is -0.568. The number of carbonyl (C=O) groups is 1. The summed E-state index contributed by atoms with van der Waals surface area (Å²) >= 11 is 4.38. The van der Waals surface area contributed by atoms with Crippen LogP contribution >= 0.6 is 12.6 Å². The van der Waals surface area contributed by atoms with E-state index in [-0.39, 0.29) is 36.8 Å². The molecule has 0 radical (unpaired) electrons. The summed E-state index contributed by atoms with van der Waals surface area (Å²) in [6, 6.07) is 5.60. The second-order valence-electron chi connectivity index (χ2n) is 5.44. The molecule has 0 spiro atoms. The van der Waals surface area contributed by atoms with E-state index in [2.05, 4.69) is 12.6 Å². The smallest absolute Gasteiger partial charge is 0.410 e. The van der Waals surface area contributed by atoms with E-state index in [0.29, 0.717) is 18.5 Å². The van der Waals surface area contributed by atoms with Crippen LogP contribution < -0.4 is 0 Å². The van der Waals surface area contributed by atoms with Crippen LogP contribution in [0.2, 0.25) is 0 Å². The van der Waals surface area contributed by atoms with Gasteiger partial charge in [-0.25, -0.2) is 9.18 Å². The summed E-state index contributed by atoms with van der Waals surface area (Å²) in [5.41, 5.74) is 0.633. The molecule has 0 bridgehead atoms. The van der Waals surface area contributed by atoms with Crippen molar-refractivity contribution in [3.05, 3.63) is 39.9 Å². The van der Waals surface area contributed by atoms with Crippen molar-refractivity contribution in [1.82, 2.24) is 4.90 Å². The fourth-order valence-corrected chi connectivity index (χ4v) is 2.91. The number of nitrogens with zero attached hydrogens (tertiary/aromatic N) is 2. The lowest BCUT2D eigenvalue weighted by atomic mass is 10.2. The van der Waals surface area contributed by atoms with Gasteiger partial charge in [-0.15, -0.1) is 0 Å². The first-order valence-electron chi connectivity index (χ1n) is 7.49. The van der Waals surface area contributed by atoms with Crippen molar-refractivity contribution in [3.8, 4) is 0 Å². The molecule has 2 atom stereocenters. The first kappa shape index (κ1) is 18.5. The summed E-state index contributed by atoms with van der Waals surface area (Å²) < 4.78 is 22.5. The number of amides is 1. The van der Waals surface area contributed by atoms with E-state index in [1.165, 1.54) is 17.0 Å². The number of carbonyl (C=O) groups excluding carboxylic acids is 1. The van der Waals surface area contributed by atoms with Gasteiger partial charge in [0.2, 0.25) is 0 Å². The fourth-order valence-electron chi connectivity index (χ4n) is 2.49. The molecular formula is C15H19FN2O5S. The highest BCUT2D eigenvalue weighted by atomic mass is 32.1. The SMILES string of the molecule is O=C(OCc1ccc([N+](=O)[O-])cc1)N1C[C@@H](S)C[C@H]1COCCF. The van der Waals surface area contributed by atoms with Crippen LogP contribution in [0.25, 0.3) is 0 Å². The van der Waals surface area contributed by atoms with E-state index in [1.807, 2.05) is 0 Å².